The second-order valence-electron chi connectivity index (χ2n) is 8.69. The summed E-state index contributed by atoms with van der Waals surface area (Å²) < 4.78 is 35.3. The van der Waals surface area contributed by atoms with Gasteiger partial charge in [-0.1, -0.05) is 36.4 Å². The fraction of sp³-hybridized carbons (Fsp3) is 0.346. The number of aliphatic carboxylic acids is 1. The van der Waals surface area contributed by atoms with Crippen molar-refractivity contribution in [2.75, 3.05) is 13.2 Å². The SMILES string of the molecule is O=C(O)COCC1CCC(Cn2nc(-c3cccc(F)c3F)c(-c3ccccc3)cc2=O)CC1. The standard InChI is InChI=1S/C26H26F2N2O4/c27-22-8-4-7-20(25(22)28)26-21(19-5-2-1-3-6-19)13-23(31)30(29-26)14-17-9-11-18(12-10-17)15-34-16-24(32)33/h1-8,13,17-18H,9-12,14-16H2,(H,32,33). The largest absolute Gasteiger partial charge is 0.480 e. The summed E-state index contributed by atoms with van der Waals surface area (Å²) in [6.45, 7) is 0.485. The van der Waals surface area contributed by atoms with Crippen molar-refractivity contribution < 1.29 is 23.4 Å². The fourth-order valence-corrected chi connectivity index (χ4v) is 4.48. The number of benzene rings is 2. The molecular weight excluding hydrogens is 442 g/mol. The van der Waals surface area contributed by atoms with Crippen LogP contribution in [0.1, 0.15) is 25.7 Å². The van der Waals surface area contributed by atoms with Crippen molar-refractivity contribution in [3.8, 4) is 22.4 Å². The van der Waals surface area contributed by atoms with E-state index in [0.29, 0.717) is 24.3 Å². The Morgan fingerprint density at radius 3 is 2.41 bits per heavy atom. The molecule has 0 saturated heterocycles. The number of halogens is 2. The Hall–Kier alpha value is -3.39. The van der Waals surface area contributed by atoms with Gasteiger partial charge in [-0.15, -0.1) is 0 Å². The average molecular weight is 469 g/mol. The van der Waals surface area contributed by atoms with E-state index in [9.17, 15) is 18.4 Å². The first-order chi connectivity index (χ1) is 16.4. The minimum Gasteiger partial charge on any atom is -0.480 e. The molecule has 1 aromatic heterocycles. The van der Waals surface area contributed by atoms with Gasteiger partial charge >= 0.3 is 5.97 Å². The lowest BCUT2D eigenvalue weighted by Crippen LogP contribution is -2.29. The van der Waals surface area contributed by atoms with Gasteiger partial charge in [0.15, 0.2) is 11.6 Å². The molecule has 8 heteroatoms. The molecule has 0 radical (unpaired) electrons. The molecule has 0 spiro atoms. The highest BCUT2D eigenvalue weighted by Gasteiger charge is 2.24. The Morgan fingerprint density at radius 2 is 1.71 bits per heavy atom. The Labute approximate surface area is 195 Å². The van der Waals surface area contributed by atoms with Crippen molar-refractivity contribution in [1.82, 2.24) is 9.78 Å². The van der Waals surface area contributed by atoms with Gasteiger partial charge in [-0.3, -0.25) is 4.79 Å². The van der Waals surface area contributed by atoms with Crippen LogP contribution in [0.2, 0.25) is 0 Å². The highest BCUT2D eigenvalue weighted by Crippen LogP contribution is 2.33. The smallest absolute Gasteiger partial charge is 0.329 e. The Bertz CT molecular complexity index is 1210. The molecule has 1 fully saturated rings. The van der Waals surface area contributed by atoms with Crippen molar-refractivity contribution in [3.63, 3.8) is 0 Å². The van der Waals surface area contributed by atoms with E-state index in [1.807, 2.05) is 18.2 Å². The van der Waals surface area contributed by atoms with E-state index in [1.54, 1.807) is 12.1 Å². The van der Waals surface area contributed by atoms with Crippen molar-refractivity contribution in [3.05, 3.63) is 76.6 Å². The predicted molar refractivity (Wildman–Crippen MR) is 123 cm³/mol. The summed E-state index contributed by atoms with van der Waals surface area (Å²) in [6.07, 6.45) is 3.43. The maximum Gasteiger partial charge on any atom is 0.329 e. The zero-order chi connectivity index (χ0) is 24.1. The lowest BCUT2D eigenvalue weighted by atomic mass is 9.82. The van der Waals surface area contributed by atoms with Gasteiger partial charge in [0, 0.05) is 23.7 Å². The highest BCUT2D eigenvalue weighted by atomic mass is 19.2. The molecule has 0 atom stereocenters. The molecule has 0 bridgehead atoms. The zero-order valence-corrected chi connectivity index (χ0v) is 18.6. The van der Waals surface area contributed by atoms with Crippen LogP contribution in [-0.2, 0) is 16.1 Å². The van der Waals surface area contributed by atoms with Gasteiger partial charge in [-0.25, -0.2) is 18.3 Å². The minimum atomic E-state index is -1.00. The summed E-state index contributed by atoms with van der Waals surface area (Å²) in [5.41, 5.74) is 1.07. The number of rotatable bonds is 8. The molecule has 1 saturated carbocycles. The quantitative estimate of drug-likeness (QED) is 0.515. The summed E-state index contributed by atoms with van der Waals surface area (Å²) in [7, 11) is 0. The molecule has 1 heterocycles. The number of nitrogens with zero attached hydrogens (tertiary/aromatic N) is 2. The average Bonchev–Trinajstić information content (AvgIpc) is 2.83. The molecule has 0 aliphatic heterocycles. The van der Waals surface area contributed by atoms with Crippen molar-refractivity contribution in [2.45, 2.75) is 32.2 Å². The number of ether oxygens (including phenoxy) is 1. The molecule has 0 amide bonds. The monoisotopic (exact) mass is 468 g/mol. The Morgan fingerprint density at radius 1 is 1.00 bits per heavy atom. The molecule has 1 aliphatic rings. The van der Waals surface area contributed by atoms with Crippen LogP contribution < -0.4 is 5.56 Å². The van der Waals surface area contributed by atoms with E-state index in [4.69, 9.17) is 9.84 Å². The molecule has 3 aromatic rings. The van der Waals surface area contributed by atoms with Crippen LogP contribution in [0.15, 0.2) is 59.4 Å². The van der Waals surface area contributed by atoms with Crippen LogP contribution >= 0.6 is 0 Å². The van der Waals surface area contributed by atoms with E-state index in [0.717, 1.165) is 31.7 Å². The molecule has 2 aromatic carbocycles. The van der Waals surface area contributed by atoms with Crippen LogP contribution in [0.25, 0.3) is 22.4 Å². The number of carboxylic acids is 1. The third kappa shape index (κ3) is 5.56. The van der Waals surface area contributed by atoms with Gasteiger partial charge in [-0.2, -0.15) is 5.10 Å². The number of hydrogen-bond donors (Lipinski definition) is 1. The van der Waals surface area contributed by atoms with E-state index in [-0.39, 0.29) is 35.3 Å². The van der Waals surface area contributed by atoms with Crippen molar-refractivity contribution >= 4 is 5.97 Å². The van der Waals surface area contributed by atoms with Gasteiger partial charge in [0.2, 0.25) is 0 Å². The normalized spacial score (nSPS) is 18.1. The van der Waals surface area contributed by atoms with Gasteiger partial charge < -0.3 is 9.84 Å². The second-order valence-corrected chi connectivity index (χ2v) is 8.69. The van der Waals surface area contributed by atoms with Crippen molar-refractivity contribution in [1.29, 1.82) is 0 Å². The van der Waals surface area contributed by atoms with E-state index < -0.39 is 17.6 Å². The van der Waals surface area contributed by atoms with Gasteiger partial charge in [0.25, 0.3) is 5.56 Å². The van der Waals surface area contributed by atoms with E-state index in [1.165, 1.54) is 22.9 Å². The summed E-state index contributed by atoms with van der Waals surface area (Å²) >= 11 is 0. The first-order valence-corrected chi connectivity index (χ1v) is 11.3. The lowest BCUT2D eigenvalue weighted by molar-refractivity contribution is -0.142. The number of aromatic nitrogens is 2. The summed E-state index contributed by atoms with van der Waals surface area (Å²) in [5, 5.41) is 13.2. The molecule has 1 N–H and O–H groups in total. The highest BCUT2D eigenvalue weighted by molar-refractivity contribution is 5.80. The van der Waals surface area contributed by atoms with Crippen LogP contribution in [0, 0.1) is 23.5 Å². The van der Waals surface area contributed by atoms with Gasteiger partial charge in [0.05, 0.1) is 6.61 Å². The van der Waals surface area contributed by atoms with Gasteiger partial charge in [0.1, 0.15) is 12.3 Å². The summed E-state index contributed by atoms with van der Waals surface area (Å²) in [6, 6.07) is 14.4. The third-order valence-corrected chi connectivity index (χ3v) is 6.27. The van der Waals surface area contributed by atoms with E-state index in [2.05, 4.69) is 5.10 Å². The fourth-order valence-electron chi connectivity index (χ4n) is 4.48. The number of carbonyl (C=O) groups is 1. The van der Waals surface area contributed by atoms with Crippen LogP contribution in [0.4, 0.5) is 8.78 Å². The molecule has 1 aliphatic carbocycles. The van der Waals surface area contributed by atoms with Crippen LogP contribution in [0.5, 0.6) is 0 Å². The third-order valence-electron chi connectivity index (χ3n) is 6.27. The lowest BCUT2D eigenvalue weighted by Gasteiger charge is -2.28. The Kier molecular flexibility index (Phi) is 7.47. The molecule has 178 valence electrons. The number of carboxylic acid groups (broad SMARTS) is 1. The first-order valence-electron chi connectivity index (χ1n) is 11.3. The van der Waals surface area contributed by atoms with Gasteiger partial charge in [-0.05, 0) is 55.2 Å². The molecule has 0 unspecified atom stereocenters. The first kappa shape index (κ1) is 23.8. The molecule has 6 nitrogen and oxygen atoms in total. The van der Waals surface area contributed by atoms with Crippen LogP contribution in [0.3, 0.4) is 0 Å². The second kappa shape index (κ2) is 10.7. The minimum absolute atomic E-state index is 0.00638. The maximum absolute atomic E-state index is 14.7. The van der Waals surface area contributed by atoms with Crippen molar-refractivity contribution in [2.24, 2.45) is 11.8 Å². The summed E-state index contributed by atoms with van der Waals surface area (Å²) in [5.74, 6) is -2.46. The molecule has 34 heavy (non-hydrogen) atoms. The molecule has 4 rings (SSSR count). The zero-order valence-electron chi connectivity index (χ0n) is 18.6. The Balaban J connectivity index is 1.58. The van der Waals surface area contributed by atoms with Crippen LogP contribution in [-0.4, -0.2) is 34.1 Å². The maximum atomic E-state index is 14.7. The topological polar surface area (TPSA) is 81.4 Å². The summed E-state index contributed by atoms with van der Waals surface area (Å²) in [4.78, 5) is 23.6. The van der Waals surface area contributed by atoms with E-state index >= 15 is 0 Å². The molecular formula is C26H26F2N2O4. The number of hydrogen-bond acceptors (Lipinski definition) is 4. The predicted octanol–water partition coefficient (Wildman–Crippen LogP) is 4.76.